The molecular formula is C12H16BrN3O2S. The Kier molecular flexibility index (Phi) is 4.95. The lowest BCUT2D eigenvalue weighted by molar-refractivity contribution is 0.0117. The zero-order valence-electron chi connectivity index (χ0n) is 10.7. The third kappa shape index (κ3) is 3.77. The third-order valence-electron chi connectivity index (χ3n) is 2.74. The SMILES string of the molecule is C=C(Br)CNC(=O)N1CCOC[C@@H]1c1nc(C)cs1. The second-order valence-corrected chi connectivity index (χ2v) is 6.30. The summed E-state index contributed by atoms with van der Waals surface area (Å²) in [5.41, 5.74) is 0.972. The number of amides is 2. The molecular weight excluding hydrogens is 330 g/mol. The fraction of sp³-hybridized carbons (Fsp3) is 0.500. The van der Waals surface area contributed by atoms with Crippen molar-refractivity contribution in [2.75, 3.05) is 26.3 Å². The largest absolute Gasteiger partial charge is 0.377 e. The molecule has 2 heterocycles. The van der Waals surface area contributed by atoms with E-state index < -0.39 is 0 Å². The van der Waals surface area contributed by atoms with E-state index in [-0.39, 0.29) is 12.1 Å². The van der Waals surface area contributed by atoms with Gasteiger partial charge in [-0.15, -0.1) is 11.3 Å². The van der Waals surface area contributed by atoms with Crippen LogP contribution < -0.4 is 5.32 Å². The van der Waals surface area contributed by atoms with Crippen LogP contribution in [0.1, 0.15) is 16.7 Å². The van der Waals surface area contributed by atoms with Crippen LogP contribution in [0.5, 0.6) is 0 Å². The van der Waals surface area contributed by atoms with E-state index in [1.807, 2.05) is 12.3 Å². The molecule has 1 fully saturated rings. The number of hydrogen-bond donors (Lipinski definition) is 1. The van der Waals surface area contributed by atoms with Crippen LogP contribution in [-0.4, -0.2) is 42.2 Å². The van der Waals surface area contributed by atoms with Gasteiger partial charge in [0.1, 0.15) is 11.0 Å². The van der Waals surface area contributed by atoms with Gasteiger partial charge in [-0.05, 0) is 6.92 Å². The van der Waals surface area contributed by atoms with E-state index in [1.54, 1.807) is 16.2 Å². The monoisotopic (exact) mass is 345 g/mol. The van der Waals surface area contributed by atoms with Gasteiger partial charge in [-0.2, -0.15) is 0 Å². The van der Waals surface area contributed by atoms with Gasteiger partial charge in [0.15, 0.2) is 0 Å². The Labute approximate surface area is 124 Å². The molecule has 0 unspecified atom stereocenters. The molecule has 0 aliphatic carbocycles. The standard InChI is InChI=1S/C12H16BrN3O2S/c1-8(13)5-14-12(17)16-3-4-18-6-10(16)11-15-9(2)7-19-11/h7,10H,1,3-6H2,2H3,(H,14,17)/t10-/m1/s1. The molecule has 1 N–H and O–H groups in total. The molecule has 7 heteroatoms. The number of halogens is 1. The molecule has 0 radical (unpaired) electrons. The maximum Gasteiger partial charge on any atom is 0.318 e. The number of nitrogens with zero attached hydrogens (tertiary/aromatic N) is 2. The lowest BCUT2D eigenvalue weighted by Gasteiger charge is -2.34. The molecule has 1 aromatic rings. The molecule has 19 heavy (non-hydrogen) atoms. The van der Waals surface area contributed by atoms with Crippen molar-refractivity contribution in [3.8, 4) is 0 Å². The zero-order valence-corrected chi connectivity index (χ0v) is 13.1. The molecule has 2 amide bonds. The Morgan fingerprint density at radius 1 is 1.79 bits per heavy atom. The molecule has 0 spiro atoms. The third-order valence-corrected chi connectivity index (χ3v) is 4.09. The number of aromatic nitrogens is 1. The van der Waals surface area contributed by atoms with Crippen LogP contribution in [0.25, 0.3) is 0 Å². The highest BCUT2D eigenvalue weighted by Gasteiger charge is 2.30. The van der Waals surface area contributed by atoms with Gasteiger partial charge in [0.2, 0.25) is 0 Å². The molecule has 1 aliphatic rings. The number of ether oxygens (including phenoxy) is 1. The predicted octanol–water partition coefficient (Wildman–Crippen LogP) is 2.44. The summed E-state index contributed by atoms with van der Waals surface area (Å²) in [5.74, 6) is 0. The van der Waals surface area contributed by atoms with E-state index in [1.165, 1.54) is 0 Å². The summed E-state index contributed by atoms with van der Waals surface area (Å²) in [6.45, 7) is 7.69. The van der Waals surface area contributed by atoms with Crippen molar-refractivity contribution in [1.82, 2.24) is 15.2 Å². The molecule has 104 valence electrons. The van der Waals surface area contributed by atoms with Crippen LogP contribution in [-0.2, 0) is 4.74 Å². The molecule has 2 rings (SSSR count). The summed E-state index contributed by atoms with van der Waals surface area (Å²) in [6.07, 6.45) is 0. The number of nitrogens with one attached hydrogen (secondary N) is 1. The Morgan fingerprint density at radius 3 is 3.21 bits per heavy atom. The molecule has 0 saturated carbocycles. The minimum atomic E-state index is -0.109. The van der Waals surface area contributed by atoms with Crippen LogP contribution in [0, 0.1) is 6.92 Å². The molecule has 1 aromatic heterocycles. The molecule has 1 aliphatic heterocycles. The van der Waals surface area contributed by atoms with Crippen LogP contribution in [0.2, 0.25) is 0 Å². The maximum atomic E-state index is 12.2. The van der Waals surface area contributed by atoms with Gasteiger partial charge in [-0.25, -0.2) is 9.78 Å². The van der Waals surface area contributed by atoms with Gasteiger partial charge in [-0.1, -0.05) is 22.5 Å². The van der Waals surface area contributed by atoms with Gasteiger partial charge in [-0.3, -0.25) is 0 Å². The van der Waals surface area contributed by atoms with Crippen LogP contribution in [0.15, 0.2) is 16.4 Å². The van der Waals surface area contributed by atoms with Crippen molar-refractivity contribution in [2.24, 2.45) is 0 Å². The normalized spacial score (nSPS) is 19.3. The first-order valence-corrected chi connectivity index (χ1v) is 7.62. The van der Waals surface area contributed by atoms with Gasteiger partial charge >= 0.3 is 6.03 Å². The minimum absolute atomic E-state index is 0.101. The fourth-order valence-corrected chi connectivity index (χ4v) is 2.88. The number of rotatable bonds is 3. The van der Waals surface area contributed by atoms with Gasteiger partial charge < -0.3 is 15.0 Å². The number of urea groups is 1. The van der Waals surface area contributed by atoms with Gasteiger partial charge in [0.05, 0.1) is 19.8 Å². The van der Waals surface area contributed by atoms with Gasteiger partial charge in [0.25, 0.3) is 0 Å². The molecule has 0 aromatic carbocycles. The van der Waals surface area contributed by atoms with E-state index in [0.717, 1.165) is 15.2 Å². The van der Waals surface area contributed by atoms with Crippen molar-refractivity contribution < 1.29 is 9.53 Å². The second kappa shape index (κ2) is 6.49. The second-order valence-electron chi connectivity index (χ2n) is 4.29. The van der Waals surface area contributed by atoms with Crippen molar-refractivity contribution in [3.05, 3.63) is 27.1 Å². The van der Waals surface area contributed by atoms with Crippen molar-refractivity contribution in [3.63, 3.8) is 0 Å². The quantitative estimate of drug-likeness (QED) is 0.915. The summed E-state index contributed by atoms with van der Waals surface area (Å²) >= 11 is 4.79. The highest BCUT2D eigenvalue weighted by atomic mass is 79.9. The van der Waals surface area contributed by atoms with Crippen LogP contribution in [0.4, 0.5) is 4.79 Å². The van der Waals surface area contributed by atoms with E-state index in [4.69, 9.17) is 4.74 Å². The van der Waals surface area contributed by atoms with Crippen LogP contribution >= 0.6 is 27.3 Å². The topological polar surface area (TPSA) is 54.5 Å². The number of carbonyl (C=O) groups excluding carboxylic acids is 1. The van der Waals surface area contributed by atoms with E-state index in [2.05, 4.69) is 32.8 Å². The average Bonchev–Trinajstić information content (AvgIpc) is 2.82. The Hall–Kier alpha value is -0.920. The molecule has 0 bridgehead atoms. The van der Waals surface area contributed by atoms with Crippen molar-refractivity contribution >= 4 is 33.3 Å². The molecule has 1 saturated heterocycles. The lowest BCUT2D eigenvalue weighted by Crippen LogP contribution is -2.48. The van der Waals surface area contributed by atoms with Crippen molar-refractivity contribution in [1.29, 1.82) is 0 Å². The number of thiazole rings is 1. The van der Waals surface area contributed by atoms with E-state index in [0.29, 0.717) is 26.3 Å². The zero-order chi connectivity index (χ0) is 13.8. The smallest absolute Gasteiger partial charge is 0.318 e. The Morgan fingerprint density at radius 2 is 2.58 bits per heavy atom. The Balaban J connectivity index is 2.07. The highest BCUT2D eigenvalue weighted by Crippen LogP contribution is 2.26. The average molecular weight is 346 g/mol. The summed E-state index contributed by atoms with van der Waals surface area (Å²) in [4.78, 5) is 18.4. The van der Waals surface area contributed by atoms with Crippen LogP contribution in [0.3, 0.4) is 0 Å². The number of aryl methyl sites for hydroxylation is 1. The lowest BCUT2D eigenvalue weighted by atomic mass is 10.2. The van der Waals surface area contributed by atoms with Crippen molar-refractivity contribution in [2.45, 2.75) is 13.0 Å². The fourth-order valence-electron chi connectivity index (χ4n) is 1.85. The summed E-state index contributed by atoms with van der Waals surface area (Å²) in [7, 11) is 0. The number of morpholine rings is 1. The van der Waals surface area contributed by atoms with Gasteiger partial charge in [0, 0.05) is 22.1 Å². The summed E-state index contributed by atoms with van der Waals surface area (Å²) < 4.78 is 6.22. The number of carbonyl (C=O) groups is 1. The molecule has 5 nitrogen and oxygen atoms in total. The minimum Gasteiger partial charge on any atom is -0.377 e. The summed E-state index contributed by atoms with van der Waals surface area (Å²) in [6, 6.07) is -0.210. The van der Waals surface area contributed by atoms with E-state index in [9.17, 15) is 4.79 Å². The highest BCUT2D eigenvalue weighted by molar-refractivity contribution is 9.11. The summed E-state index contributed by atoms with van der Waals surface area (Å²) in [5, 5.41) is 5.73. The number of hydrogen-bond acceptors (Lipinski definition) is 4. The first-order valence-electron chi connectivity index (χ1n) is 5.95. The first kappa shape index (κ1) is 14.5. The van der Waals surface area contributed by atoms with E-state index >= 15 is 0 Å². The maximum absolute atomic E-state index is 12.2. The predicted molar refractivity (Wildman–Crippen MR) is 78.6 cm³/mol. The molecule has 1 atom stereocenters. The Bertz CT molecular complexity index is 477. The first-order chi connectivity index (χ1) is 9.08.